The van der Waals surface area contributed by atoms with E-state index in [4.69, 9.17) is 14.2 Å². The highest BCUT2D eigenvalue weighted by molar-refractivity contribution is 4.95. The van der Waals surface area contributed by atoms with Crippen LogP contribution in [0.1, 0.15) is 26.7 Å². The number of rotatable bonds is 0. The van der Waals surface area contributed by atoms with E-state index in [0.29, 0.717) is 12.5 Å². The molecule has 2 saturated heterocycles. The van der Waals surface area contributed by atoms with Gasteiger partial charge in [0.25, 0.3) is 0 Å². The van der Waals surface area contributed by atoms with Crippen LogP contribution in [-0.4, -0.2) is 36.0 Å². The monoisotopic (exact) mass is 214 g/mol. The van der Waals surface area contributed by atoms with Crippen molar-refractivity contribution in [3.63, 3.8) is 0 Å². The zero-order valence-corrected chi connectivity index (χ0v) is 9.18. The quantitative estimate of drug-likeness (QED) is 0.650. The van der Waals surface area contributed by atoms with Gasteiger partial charge < -0.3 is 19.3 Å². The topological polar surface area (TPSA) is 47.9 Å². The van der Waals surface area contributed by atoms with E-state index in [1.54, 1.807) is 0 Å². The van der Waals surface area contributed by atoms with Crippen molar-refractivity contribution in [1.29, 1.82) is 0 Å². The van der Waals surface area contributed by atoms with Gasteiger partial charge in [-0.3, -0.25) is 0 Å². The van der Waals surface area contributed by atoms with E-state index in [9.17, 15) is 5.11 Å². The smallest absolute Gasteiger partial charge is 0.163 e. The van der Waals surface area contributed by atoms with E-state index in [0.717, 1.165) is 12.8 Å². The van der Waals surface area contributed by atoms with E-state index in [1.165, 1.54) is 0 Å². The van der Waals surface area contributed by atoms with E-state index in [-0.39, 0.29) is 18.1 Å². The molecule has 1 aliphatic carbocycles. The van der Waals surface area contributed by atoms with Crippen LogP contribution in [0.2, 0.25) is 0 Å². The largest absolute Gasteiger partial charge is 0.368 e. The predicted octanol–water partition coefficient (Wildman–Crippen LogP) is 0.881. The van der Waals surface area contributed by atoms with Gasteiger partial charge in [0, 0.05) is 5.92 Å². The number of fused-ring (bicyclic) bond motifs is 2. The average Bonchev–Trinajstić information content (AvgIpc) is 2.62. The van der Waals surface area contributed by atoms with Crippen LogP contribution in [0.4, 0.5) is 0 Å². The highest BCUT2D eigenvalue weighted by atomic mass is 16.8. The lowest BCUT2D eigenvalue weighted by Crippen LogP contribution is -2.38. The Morgan fingerprint density at radius 2 is 1.80 bits per heavy atom. The van der Waals surface area contributed by atoms with Crippen LogP contribution in [0.3, 0.4) is 0 Å². The second-order valence-corrected chi connectivity index (χ2v) is 5.33. The van der Waals surface area contributed by atoms with Gasteiger partial charge in [-0.2, -0.15) is 0 Å². The Bertz CT molecular complexity index is 265. The van der Waals surface area contributed by atoms with Gasteiger partial charge in [0.2, 0.25) is 0 Å². The van der Waals surface area contributed by atoms with Crippen molar-refractivity contribution in [2.24, 2.45) is 11.8 Å². The summed E-state index contributed by atoms with van der Waals surface area (Å²) in [6.07, 6.45) is 1.55. The second kappa shape index (κ2) is 3.17. The molecule has 0 aromatic carbocycles. The van der Waals surface area contributed by atoms with Crippen LogP contribution in [0.25, 0.3) is 0 Å². The van der Waals surface area contributed by atoms with Gasteiger partial charge in [-0.05, 0) is 32.6 Å². The van der Waals surface area contributed by atoms with Crippen LogP contribution >= 0.6 is 0 Å². The van der Waals surface area contributed by atoms with Crippen molar-refractivity contribution in [2.75, 3.05) is 6.61 Å². The summed E-state index contributed by atoms with van der Waals surface area (Å²) in [7, 11) is 0. The third-order valence-corrected chi connectivity index (χ3v) is 3.78. The molecule has 5 atom stereocenters. The first-order chi connectivity index (χ1) is 7.05. The van der Waals surface area contributed by atoms with Crippen molar-refractivity contribution in [3.8, 4) is 0 Å². The minimum Gasteiger partial charge on any atom is -0.368 e. The third-order valence-electron chi connectivity index (χ3n) is 3.78. The van der Waals surface area contributed by atoms with E-state index < -0.39 is 12.1 Å². The molecule has 2 heterocycles. The zero-order valence-electron chi connectivity index (χ0n) is 9.18. The first-order valence-corrected chi connectivity index (χ1v) is 5.70. The highest BCUT2D eigenvalue weighted by Gasteiger charge is 2.51. The van der Waals surface area contributed by atoms with Gasteiger partial charge in [-0.1, -0.05) is 0 Å². The van der Waals surface area contributed by atoms with Crippen LogP contribution in [0, 0.1) is 11.8 Å². The SMILES string of the molecule is CC1(C)O[C@H]2C[C@@H]3[C@@H](CO[C@H]3O)C[C@H]2O1. The molecular weight excluding hydrogens is 196 g/mol. The molecule has 15 heavy (non-hydrogen) atoms. The van der Waals surface area contributed by atoms with Gasteiger partial charge in [0.15, 0.2) is 12.1 Å². The summed E-state index contributed by atoms with van der Waals surface area (Å²) in [6.45, 7) is 4.57. The number of hydrogen-bond donors (Lipinski definition) is 1. The molecule has 0 bridgehead atoms. The number of aliphatic hydroxyl groups is 1. The second-order valence-electron chi connectivity index (χ2n) is 5.33. The van der Waals surface area contributed by atoms with Gasteiger partial charge in [0.1, 0.15) is 0 Å². The maximum absolute atomic E-state index is 9.66. The Morgan fingerprint density at radius 3 is 2.53 bits per heavy atom. The normalized spacial score (nSPS) is 52.6. The molecule has 1 saturated carbocycles. The molecule has 0 aromatic rings. The summed E-state index contributed by atoms with van der Waals surface area (Å²) in [5.74, 6) is 0.224. The minimum absolute atomic E-state index is 0.137. The van der Waals surface area contributed by atoms with Crippen LogP contribution in [0.5, 0.6) is 0 Å². The first-order valence-electron chi connectivity index (χ1n) is 5.70. The molecule has 3 aliphatic rings. The Hall–Kier alpha value is -0.160. The average molecular weight is 214 g/mol. The van der Waals surface area contributed by atoms with Crippen LogP contribution in [0.15, 0.2) is 0 Å². The van der Waals surface area contributed by atoms with E-state index in [2.05, 4.69) is 0 Å². The van der Waals surface area contributed by atoms with Gasteiger partial charge in [0.05, 0.1) is 18.8 Å². The summed E-state index contributed by atoms with van der Waals surface area (Å²) in [5, 5.41) is 9.66. The lowest BCUT2D eigenvalue weighted by atomic mass is 9.78. The van der Waals surface area contributed by atoms with Crippen molar-refractivity contribution >= 4 is 0 Å². The Labute approximate surface area is 89.5 Å². The van der Waals surface area contributed by atoms with Crippen LogP contribution < -0.4 is 0 Å². The number of ether oxygens (including phenoxy) is 3. The van der Waals surface area contributed by atoms with Gasteiger partial charge in [-0.25, -0.2) is 0 Å². The summed E-state index contributed by atoms with van der Waals surface area (Å²) in [5.41, 5.74) is 0. The molecule has 0 amide bonds. The summed E-state index contributed by atoms with van der Waals surface area (Å²) in [4.78, 5) is 0. The Balaban J connectivity index is 1.75. The molecule has 0 spiro atoms. The number of hydrogen-bond acceptors (Lipinski definition) is 4. The third kappa shape index (κ3) is 1.60. The van der Waals surface area contributed by atoms with Gasteiger partial charge >= 0.3 is 0 Å². The standard InChI is InChI=1S/C11H18O4/c1-11(2)14-8-3-6-5-13-10(12)7(6)4-9(8)15-11/h6-10,12H,3-5H2,1-2H3/t6-,7-,8-,9+,10-/m1/s1. The molecule has 86 valence electrons. The molecule has 1 N–H and O–H groups in total. The van der Waals surface area contributed by atoms with Crippen molar-refractivity contribution in [1.82, 2.24) is 0 Å². The fraction of sp³-hybridized carbons (Fsp3) is 1.00. The Kier molecular flexibility index (Phi) is 2.12. The highest BCUT2D eigenvalue weighted by Crippen LogP contribution is 2.45. The minimum atomic E-state index is -0.594. The Morgan fingerprint density at radius 1 is 1.13 bits per heavy atom. The van der Waals surface area contributed by atoms with Crippen molar-refractivity contribution in [2.45, 2.75) is 51.0 Å². The molecule has 0 unspecified atom stereocenters. The van der Waals surface area contributed by atoms with Crippen LogP contribution in [-0.2, 0) is 14.2 Å². The zero-order chi connectivity index (χ0) is 10.6. The molecule has 0 aromatic heterocycles. The summed E-state index contributed by atoms with van der Waals surface area (Å²) >= 11 is 0. The first kappa shape index (κ1) is 10.0. The van der Waals surface area contributed by atoms with Crippen molar-refractivity contribution < 1.29 is 19.3 Å². The van der Waals surface area contributed by atoms with E-state index >= 15 is 0 Å². The molecule has 4 heteroatoms. The predicted molar refractivity (Wildman–Crippen MR) is 52.0 cm³/mol. The summed E-state index contributed by atoms with van der Waals surface area (Å²) < 4.78 is 16.9. The molecule has 4 nitrogen and oxygen atoms in total. The van der Waals surface area contributed by atoms with E-state index in [1.807, 2.05) is 13.8 Å². The fourth-order valence-corrected chi connectivity index (χ4v) is 3.13. The molecule has 0 radical (unpaired) electrons. The molecule has 3 rings (SSSR count). The molecular formula is C11H18O4. The summed E-state index contributed by atoms with van der Waals surface area (Å²) in [6, 6.07) is 0. The lowest BCUT2D eigenvalue weighted by molar-refractivity contribution is -0.148. The lowest BCUT2D eigenvalue weighted by Gasteiger charge is -2.31. The fourth-order valence-electron chi connectivity index (χ4n) is 3.13. The van der Waals surface area contributed by atoms with Crippen molar-refractivity contribution in [3.05, 3.63) is 0 Å². The molecule has 2 aliphatic heterocycles. The van der Waals surface area contributed by atoms with Gasteiger partial charge in [-0.15, -0.1) is 0 Å². The molecule has 3 fully saturated rings. The number of aliphatic hydroxyl groups excluding tert-OH is 1. The maximum Gasteiger partial charge on any atom is 0.163 e. The maximum atomic E-state index is 9.66.